The summed E-state index contributed by atoms with van der Waals surface area (Å²) in [5, 5.41) is 8.35. The van der Waals surface area contributed by atoms with E-state index in [0.29, 0.717) is 0 Å². The number of carboxylic acids is 1. The first kappa shape index (κ1) is 20.4. The number of ketones is 1. The molecular weight excluding hydrogens is 420 g/mol. The van der Waals surface area contributed by atoms with E-state index in [0.717, 1.165) is 18.2 Å². The van der Waals surface area contributed by atoms with Crippen molar-refractivity contribution in [1.82, 2.24) is 0 Å². The first-order valence-electron chi connectivity index (χ1n) is 6.73. The van der Waals surface area contributed by atoms with Gasteiger partial charge in [-0.1, -0.05) is 34.8 Å². The molecule has 1 N–H and O–H groups in total. The smallest absolute Gasteiger partial charge is 0.417 e. The molecule has 4 nitrogen and oxygen atoms in total. The minimum atomic E-state index is -4.92. The molecule has 0 aliphatic rings. The first-order chi connectivity index (χ1) is 11.9. The van der Waals surface area contributed by atoms with Crippen LogP contribution in [0.3, 0.4) is 0 Å². The summed E-state index contributed by atoms with van der Waals surface area (Å²) < 4.78 is 45.1. The molecule has 0 aliphatic carbocycles. The van der Waals surface area contributed by atoms with Crippen LogP contribution in [0, 0.1) is 6.92 Å². The highest BCUT2D eigenvalue weighted by Crippen LogP contribution is 2.39. The monoisotopic (exact) mass is 426 g/mol. The minimum Gasteiger partial charge on any atom is -0.478 e. The second-order valence-corrected chi connectivity index (χ2v) is 6.25. The number of benzene rings is 1. The zero-order chi connectivity index (χ0) is 19.8. The van der Waals surface area contributed by atoms with Crippen molar-refractivity contribution in [2.45, 2.75) is 13.1 Å². The van der Waals surface area contributed by atoms with Crippen molar-refractivity contribution in [2.24, 2.45) is 0 Å². The maximum atomic E-state index is 13.4. The molecule has 26 heavy (non-hydrogen) atoms. The average Bonchev–Trinajstić information content (AvgIpc) is 2.90. The number of carbonyl (C=O) groups is 2. The van der Waals surface area contributed by atoms with Crippen LogP contribution in [0.15, 0.2) is 28.7 Å². The lowest BCUT2D eigenvalue weighted by Gasteiger charge is -2.13. The predicted molar refractivity (Wildman–Crippen MR) is 90.2 cm³/mol. The molecule has 2 rings (SSSR count). The van der Waals surface area contributed by atoms with E-state index in [-0.39, 0.29) is 32.5 Å². The molecule has 1 heterocycles. The Morgan fingerprint density at radius 1 is 1.12 bits per heavy atom. The normalized spacial score (nSPS) is 12.3. The molecule has 0 bridgehead atoms. The molecule has 10 heteroatoms. The number of aryl methyl sites for hydroxylation is 1. The zero-order valence-electron chi connectivity index (χ0n) is 12.7. The minimum absolute atomic E-state index is 0.111. The molecular formula is C16H8Cl3F3O4. The molecule has 0 saturated carbocycles. The summed E-state index contributed by atoms with van der Waals surface area (Å²) in [5.41, 5.74) is -2.14. The van der Waals surface area contributed by atoms with Gasteiger partial charge in [0.25, 0.3) is 0 Å². The molecule has 0 unspecified atom stereocenters. The topological polar surface area (TPSA) is 67.5 Å². The van der Waals surface area contributed by atoms with Crippen molar-refractivity contribution >= 4 is 52.1 Å². The van der Waals surface area contributed by atoms with Gasteiger partial charge in [-0.05, 0) is 24.6 Å². The van der Waals surface area contributed by atoms with E-state index >= 15 is 0 Å². The number of carbonyl (C=O) groups excluding carboxylic acids is 1. The summed E-state index contributed by atoms with van der Waals surface area (Å²) in [5.74, 6) is -3.20. The van der Waals surface area contributed by atoms with Crippen LogP contribution in [0.1, 0.15) is 32.2 Å². The second kappa shape index (κ2) is 7.34. The third kappa shape index (κ3) is 4.23. The van der Waals surface area contributed by atoms with Crippen molar-refractivity contribution in [3.05, 3.63) is 62.0 Å². The van der Waals surface area contributed by atoms with Crippen molar-refractivity contribution in [2.75, 3.05) is 0 Å². The van der Waals surface area contributed by atoms with Crippen LogP contribution < -0.4 is 0 Å². The van der Waals surface area contributed by atoms with Crippen molar-refractivity contribution in [3.8, 4) is 0 Å². The Balaban J connectivity index is 2.56. The number of allylic oxidation sites excluding steroid dienone is 2. The van der Waals surface area contributed by atoms with Gasteiger partial charge in [-0.2, -0.15) is 13.2 Å². The Morgan fingerprint density at radius 2 is 1.65 bits per heavy atom. The lowest BCUT2D eigenvalue weighted by atomic mass is 10.0. The summed E-state index contributed by atoms with van der Waals surface area (Å²) >= 11 is 17.2. The van der Waals surface area contributed by atoms with E-state index in [1.807, 2.05) is 0 Å². The van der Waals surface area contributed by atoms with Crippen LogP contribution in [-0.4, -0.2) is 23.0 Å². The van der Waals surface area contributed by atoms with Gasteiger partial charge in [0, 0.05) is 12.1 Å². The Labute approximate surface area is 159 Å². The summed E-state index contributed by atoms with van der Waals surface area (Å²) in [6, 6.07) is 2.68. The first-order valence-corrected chi connectivity index (χ1v) is 7.87. The van der Waals surface area contributed by atoms with Gasteiger partial charge in [-0.15, -0.1) is 0 Å². The van der Waals surface area contributed by atoms with Crippen molar-refractivity contribution in [3.63, 3.8) is 0 Å². The quantitative estimate of drug-likeness (QED) is 0.365. The van der Waals surface area contributed by atoms with Gasteiger partial charge in [0.15, 0.2) is 5.76 Å². The van der Waals surface area contributed by atoms with E-state index < -0.39 is 34.8 Å². The lowest BCUT2D eigenvalue weighted by Crippen LogP contribution is -2.13. The Kier molecular flexibility index (Phi) is 5.75. The molecule has 0 spiro atoms. The van der Waals surface area contributed by atoms with Gasteiger partial charge >= 0.3 is 12.1 Å². The largest absolute Gasteiger partial charge is 0.478 e. The molecule has 0 aliphatic heterocycles. The zero-order valence-corrected chi connectivity index (χ0v) is 15.0. The Hall–Kier alpha value is -1.96. The number of aromatic carboxylic acids is 1. The van der Waals surface area contributed by atoms with E-state index in [4.69, 9.17) is 44.3 Å². The average molecular weight is 428 g/mol. The fourth-order valence-electron chi connectivity index (χ4n) is 2.06. The molecule has 1 aromatic heterocycles. The van der Waals surface area contributed by atoms with Crippen LogP contribution in [0.5, 0.6) is 0 Å². The van der Waals surface area contributed by atoms with Crippen LogP contribution in [0.25, 0.3) is 5.57 Å². The van der Waals surface area contributed by atoms with Crippen LogP contribution in [0.2, 0.25) is 15.1 Å². The SMILES string of the molecule is Cc1oc(C(=O)C=C(c2cc(Cl)c(Cl)c(Cl)c2)C(F)(F)F)cc1C(=O)O. The molecule has 0 atom stereocenters. The standard InChI is InChI=1S/C16H8Cl3F3O4/c1-6-8(15(24)25)4-13(26-6)12(23)5-9(16(20,21)22)7-2-10(17)14(19)11(18)3-7/h2-5H,1H3,(H,24,25). The number of rotatable bonds is 4. The maximum absolute atomic E-state index is 13.4. The van der Waals surface area contributed by atoms with Gasteiger partial charge in [-0.3, -0.25) is 4.79 Å². The Morgan fingerprint density at radius 3 is 2.08 bits per heavy atom. The highest BCUT2D eigenvalue weighted by atomic mass is 35.5. The molecule has 138 valence electrons. The van der Waals surface area contributed by atoms with Crippen molar-refractivity contribution in [1.29, 1.82) is 0 Å². The predicted octanol–water partition coefficient (Wildman–Crippen LogP) is 6.08. The highest BCUT2D eigenvalue weighted by Gasteiger charge is 2.36. The number of halogens is 6. The van der Waals surface area contributed by atoms with Gasteiger partial charge in [0.05, 0.1) is 20.6 Å². The summed E-state index contributed by atoms with van der Waals surface area (Å²) in [6.45, 7) is 1.27. The lowest BCUT2D eigenvalue weighted by molar-refractivity contribution is -0.0689. The number of hydrogen-bond acceptors (Lipinski definition) is 3. The molecule has 0 radical (unpaired) electrons. The Bertz CT molecular complexity index is 906. The van der Waals surface area contributed by atoms with Gasteiger partial charge in [0.2, 0.25) is 5.78 Å². The fraction of sp³-hybridized carbons (Fsp3) is 0.125. The van der Waals surface area contributed by atoms with Gasteiger partial charge in [0.1, 0.15) is 11.3 Å². The van der Waals surface area contributed by atoms with E-state index in [1.165, 1.54) is 6.92 Å². The third-order valence-electron chi connectivity index (χ3n) is 3.27. The number of alkyl halides is 3. The second-order valence-electron chi connectivity index (χ2n) is 5.06. The van der Waals surface area contributed by atoms with E-state index in [9.17, 15) is 22.8 Å². The highest BCUT2D eigenvalue weighted by molar-refractivity contribution is 6.48. The number of hydrogen-bond donors (Lipinski definition) is 1. The van der Waals surface area contributed by atoms with Gasteiger partial charge in [-0.25, -0.2) is 4.79 Å². The molecule has 0 fully saturated rings. The molecule has 0 amide bonds. The van der Waals surface area contributed by atoms with E-state index in [1.54, 1.807) is 0 Å². The van der Waals surface area contributed by atoms with Crippen LogP contribution in [0.4, 0.5) is 13.2 Å². The fourth-order valence-corrected chi connectivity index (χ4v) is 2.65. The van der Waals surface area contributed by atoms with Gasteiger partial charge < -0.3 is 9.52 Å². The molecule has 1 aromatic carbocycles. The van der Waals surface area contributed by atoms with Crippen LogP contribution >= 0.6 is 34.8 Å². The summed E-state index contributed by atoms with van der Waals surface area (Å²) in [4.78, 5) is 23.1. The van der Waals surface area contributed by atoms with Crippen molar-refractivity contribution < 1.29 is 32.3 Å². The summed E-state index contributed by atoms with van der Waals surface area (Å²) in [7, 11) is 0. The maximum Gasteiger partial charge on any atom is 0.417 e. The third-order valence-corrected chi connectivity index (χ3v) is 4.46. The summed E-state index contributed by atoms with van der Waals surface area (Å²) in [6.07, 6.45) is -4.65. The van der Waals surface area contributed by atoms with E-state index in [2.05, 4.69) is 0 Å². The van der Waals surface area contributed by atoms with Crippen LogP contribution in [-0.2, 0) is 0 Å². The molecule has 0 saturated heterocycles. The number of furan rings is 1. The molecule has 2 aromatic rings. The number of carboxylic acid groups (broad SMARTS) is 1.